The van der Waals surface area contributed by atoms with E-state index in [2.05, 4.69) is 11.8 Å². The van der Waals surface area contributed by atoms with E-state index < -0.39 is 0 Å². The number of ether oxygens (including phenoxy) is 1. The molecule has 3 heterocycles. The first-order valence-corrected chi connectivity index (χ1v) is 10.7. The number of likely N-dealkylation sites (tertiary alicyclic amines) is 1. The summed E-state index contributed by atoms with van der Waals surface area (Å²) >= 11 is 0. The Balaban J connectivity index is 1.28. The number of carbonyl (C=O) groups is 1. The molecule has 5 rings (SSSR count). The predicted molar refractivity (Wildman–Crippen MR) is 118 cm³/mol. The second-order valence-corrected chi connectivity index (χ2v) is 8.29. The molecule has 162 valence electrons. The minimum Gasteiger partial charge on any atom is -0.492 e. The zero-order valence-electron chi connectivity index (χ0n) is 17.6. The summed E-state index contributed by atoms with van der Waals surface area (Å²) in [5.41, 5.74) is 7.86. The highest BCUT2D eigenvalue weighted by Crippen LogP contribution is 2.46. The lowest BCUT2D eigenvalue weighted by molar-refractivity contribution is 0.0615. The van der Waals surface area contributed by atoms with Crippen LogP contribution in [0.2, 0.25) is 0 Å². The van der Waals surface area contributed by atoms with Crippen LogP contribution in [-0.4, -0.2) is 30.5 Å². The van der Waals surface area contributed by atoms with Crippen LogP contribution < -0.4 is 10.5 Å². The van der Waals surface area contributed by atoms with E-state index in [4.69, 9.17) is 14.9 Å². The molecule has 2 N–H and O–H groups in total. The number of hydrogen-bond acceptors (Lipinski definition) is 4. The molecule has 0 atom stereocenters. The lowest BCUT2D eigenvalue weighted by atomic mass is 9.74. The van der Waals surface area contributed by atoms with Crippen molar-refractivity contribution >= 4 is 5.91 Å². The molecule has 0 radical (unpaired) electrons. The lowest BCUT2D eigenvalue weighted by Gasteiger charge is -2.38. The molecule has 0 aliphatic carbocycles. The van der Waals surface area contributed by atoms with Crippen molar-refractivity contribution in [2.24, 2.45) is 5.73 Å². The van der Waals surface area contributed by atoms with Crippen molar-refractivity contribution in [1.82, 2.24) is 4.90 Å². The largest absolute Gasteiger partial charge is 0.492 e. The molecule has 1 fully saturated rings. The number of fused-ring (bicyclic) bond motifs is 2. The van der Waals surface area contributed by atoms with Crippen molar-refractivity contribution in [2.45, 2.75) is 24.8 Å². The first-order valence-electron chi connectivity index (χ1n) is 10.7. The number of nitrogens with two attached hydrogens (primary N) is 1. The molecule has 2 aromatic carbocycles. The second-order valence-electron chi connectivity index (χ2n) is 8.29. The number of rotatable bonds is 2. The van der Waals surface area contributed by atoms with Gasteiger partial charge in [-0.1, -0.05) is 24.1 Å². The summed E-state index contributed by atoms with van der Waals surface area (Å²) in [5, 5.41) is 0. The van der Waals surface area contributed by atoms with Gasteiger partial charge in [0.05, 0.1) is 6.61 Å². The van der Waals surface area contributed by atoms with Crippen LogP contribution in [0, 0.1) is 17.7 Å². The molecule has 3 aromatic rings. The summed E-state index contributed by atoms with van der Waals surface area (Å²) in [4.78, 5) is 14.8. The standard InChI is InChI=1S/C26H23FN2O3/c27-22-15-24-21(14-19(22)16-28)26(17-31-24)10-12-29(13-11-26)25(30)23-9-8-20(32-23)7-6-18-4-2-1-3-5-18/h1-5,8-9,14-15H,10-13,16-17,28H2. The van der Waals surface area contributed by atoms with E-state index in [0.717, 1.165) is 24.0 Å². The van der Waals surface area contributed by atoms with Gasteiger partial charge in [-0.2, -0.15) is 0 Å². The maximum Gasteiger partial charge on any atom is 0.289 e. The van der Waals surface area contributed by atoms with Crippen molar-refractivity contribution in [3.63, 3.8) is 0 Å². The molecule has 0 saturated carbocycles. The molecule has 1 amide bonds. The number of benzene rings is 2. The second kappa shape index (κ2) is 8.18. The number of carbonyl (C=O) groups excluding carboxylic acids is 1. The van der Waals surface area contributed by atoms with E-state index in [1.807, 2.05) is 36.4 Å². The van der Waals surface area contributed by atoms with Crippen molar-refractivity contribution in [3.05, 3.63) is 88.6 Å². The van der Waals surface area contributed by atoms with Gasteiger partial charge in [0.25, 0.3) is 5.91 Å². The van der Waals surface area contributed by atoms with Crippen LogP contribution >= 0.6 is 0 Å². The maximum atomic E-state index is 14.1. The van der Waals surface area contributed by atoms with Crippen LogP contribution in [0.15, 0.2) is 59.0 Å². The Hall–Kier alpha value is -3.56. The first kappa shape index (κ1) is 20.3. The number of nitrogens with zero attached hydrogens (tertiary/aromatic N) is 1. The minimum atomic E-state index is -0.333. The number of hydrogen-bond donors (Lipinski definition) is 1. The Morgan fingerprint density at radius 1 is 1.09 bits per heavy atom. The van der Waals surface area contributed by atoms with Gasteiger partial charge in [0.2, 0.25) is 0 Å². The van der Waals surface area contributed by atoms with Gasteiger partial charge in [0.1, 0.15) is 11.6 Å². The Bertz CT molecular complexity index is 1210. The number of piperidine rings is 1. The molecule has 5 nitrogen and oxygen atoms in total. The minimum absolute atomic E-state index is 0.145. The smallest absolute Gasteiger partial charge is 0.289 e. The third kappa shape index (κ3) is 3.65. The molecule has 1 saturated heterocycles. The normalized spacial score (nSPS) is 16.2. The zero-order chi connectivity index (χ0) is 22.1. The molecule has 1 aromatic heterocycles. The average Bonchev–Trinajstić information content (AvgIpc) is 3.43. The van der Waals surface area contributed by atoms with Crippen LogP contribution in [0.1, 0.15) is 45.8 Å². The third-order valence-corrected chi connectivity index (χ3v) is 6.37. The molecular formula is C26H23FN2O3. The number of amides is 1. The SMILES string of the molecule is NCc1cc2c(cc1F)OCC21CCN(C(=O)c2ccc(C#Cc3ccccc3)o2)CC1. The third-order valence-electron chi connectivity index (χ3n) is 6.37. The van der Waals surface area contributed by atoms with E-state index in [0.29, 0.717) is 36.8 Å². The van der Waals surface area contributed by atoms with Crippen LogP contribution in [0.4, 0.5) is 4.39 Å². The van der Waals surface area contributed by atoms with Gasteiger partial charge >= 0.3 is 0 Å². The summed E-state index contributed by atoms with van der Waals surface area (Å²) in [5.74, 6) is 6.85. The van der Waals surface area contributed by atoms with Crippen molar-refractivity contribution in [3.8, 4) is 17.6 Å². The van der Waals surface area contributed by atoms with Crippen LogP contribution in [0.5, 0.6) is 5.75 Å². The Labute approximate surface area is 186 Å². The predicted octanol–water partition coefficient (Wildman–Crippen LogP) is 3.84. The summed E-state index contributed by atoms with van der Waals surface area (Å²) < 4.78 is 25.6. The molecule has 0 unspecified atom stereocenters. The van der Waals surface area contributed by atoms with Crippen molar-refractivity contribution in [2.75, 3.05) is 19.7 Å². The van der Waals surface area contributed by atoms with Crippen molar-refractivity contribution in [1.29, 1.82) is 0 Å². The highest BCUT2D eigenvalue weighted by Gasteiger charge is 2.44. The quantitative estimate of drug-likeness (QED) is 0.627. The van der Waals surface area contributed by atoms with E-state index >= 15 is 0 Å². The maximum absolute atomic E-state index is 14.1. The highest BCUT2D eigenvalue weighted by atomic mass is 19.1. The van der Waals surface area contributed by atoms with Crippen LogP contribution in [0.3, 0.4) is 0 Å². The fraction of sp³-hybridized carbons (Fsp3) is 0.269. The molecule has 6 heteroatoms. The van der Waals surface area contributed by atoms with E-state index in [-0.39, 0.29) is 29.4 Å². The zero-order valence-corrected chi connectivity index (χ0v) is 17.6. The van der Waals surface area contributed by atoms with Crippen molar-refractivity contribution < 1.29 is 18.3 Å². The van der Waals surface area contributed by atoms with E-state index in [9.17, 15) is 9.18 Å². The molecule has 1 spiro atoms. The number of halogens is 1. The summed E-state index contributed by atoms with van der Waals surface area (Å²) in [6, 6.07) is 16.3. The Morgan fingerprint density at radius 3 is 2.62 bits per heavy atom. The van der Waals surface area contributed by atoms with Gasteiger partial charge in [-0.25, -0.2) is 4.39 Å². The topological polar surface area (TPSA) is 68.7 Å². The lowest BCUT2D eigenvalue weighted by Crippen LogP contribution is -2.46. The Morgan fingerprint density at radius 2 is 1.88 bits per heavy atom. The van der Waals surface area contributed by atoms with Gasteiger partial charge in [-0.05, 0) is 49.1 Å². The van der Waals surface area contributed by atoms with Crippen LogP contribution in [0.25, 0.3) is 0 Å². The number of furan rings is 1. The molecule has 2 aliphatic rings. The molecule has 2 aliphatic heterocycles. The van der Waals surface area contributed by atoms with Gasteiger partial charge in [-0.3, -0.25) is 4.79 Å². The molecule has 32 heavy (non-hydrogen) atoms. The first-order chi connectivity index (χ1) is 15.6. The average molecular weight is 430 g/mol. The van der Waals surface area contributed by atoms with E-state index in [1.165, 1.54) is 6.07 Å². The summed E-state index contributed by atoms with van der Waals surface area (Å²) in [7, 11) is 0. The summed E-state index contributed by atoms with van der Waals surface area (Å²) in [6.45, 7) is 1.79. The van der Waals surface area contributed by atoms with Crippen LogP contribution in [-0.2, 0) is 12.0 Å². The van der Waals surface area contributed by atoms with Gasteiger partial charge < -0.3 is 19.8 Å². The van der Waals surface area contributed by atoms with Gasteiger partial charge in [0.15, 0.2) is 11.5 Å². The van der Waals surface area contributed by atoms with E-state index in [1.54, 1.807) is 17.0 Å². The monoisotopic (exact) mass is 430 g/mol. The highest BCUT2D eigenvalue weighted by molar-refractivity contribution is 5.91. The van der Waals surface area contributed by atoms with Gasteiger partial charge in [-0.15, -0.1) is 0 Å². The van der Waals surface area contributed by atoms with Gasteiger partial charge in [0, 0.05) is 47.8 Å². The molecule has 0 bridgehead atoms. The summed E-state index contributed by atoms with van der Waals surface area (Å²) in [6.07, 6.45) is 1.48. The fourth-order valence-electron chi connectivity index (χ4n) is 4.47. The molecular weight excluding hydrogens is 407 g/mol. The Kier molecular flexibility index (Phi) is 5.20. The fourth-order valence-corrected chi connectivity index (χ4v) is 4.47.